The molecule has 1 aliphatic rings. The van der Waals surface area contributed by atoms with Gasteiger partial charge in [-0.1, -0.05) is 17.3 Å². The molecule has 0 spiro atoms. The van der Waals surface area contributed by atoms with Crippen molar-refractivity contribution in [3.63, 3.8) is 0 Å². The quantitative estimate of drug-likeness (QED) is 0.663. The molecule has 0 amide bonds. The smallest absolute Gasteiger partial charge is 0.416 e. The zero-order valence-electron chi connectivity index (χ0n) is 14.5. The molecule has 0 saturated carbocycles. The molecule has 144 valence electrons. The van der Waals surface area contributed by atoms with Crippen molar-refractivity contribution >= 4 is 5.90 Å². The standard InChI is InChI=1S/C18H13F3N4O3/c1-10-23-24-17(26-10)14-7-6-13(9-22-14)27-16-8-15(28-25-16)11-2-4-12(5-3-11)18(19,20)21/h2-7,9,15H,8H2,1H3/t15-/m1/s1. The Morgan fingerprint density at radius 2 is 1.86 bits per heavy atom. The first-order valence-electron chi connectivity index (χ1n) is 8.23. The van der Waals surface area contributed by atoms with Crippen LogP contribution in [0.5, 0.6) is 5.75 Å². The van der Waals surface area contributed by atoms with E-state index in [9.17, 15) is 13.2 Å². The van der Waals surface area contributed by atoms with Gasteiger partial charge in [0.1, 0.15) is 11.4 Å². The SMILES string of the molecule is Cc1nnc(-c2ccc(OC3=NO[C@@H](c4ccc(C(F)(F)F)cc4)C3)cn2)o1. The highest BCUT2D eigenvalue weighted by atomic mass is 19.4. The molecule has 0 unspecified atom stereocenters. The molecule has 0 N–H and O–H groups in total. The van der Waals surface area contributed by atoms with Gasteiger partial charge in [0.05, 0.1) is 18.2 Å². The summed E-state index contributed by atoms with van der Waals surface area (Å²) in [5, 5.41) is 11.5. The maximum Gasteiger partial charge on any atom is 0.416 e. The fourth-order valence-electron chi connectivity index (χ4n) is 2.58. The molecule has 0 radical (unpaired) electrons. The lowest BCUT2D eigenvalue weighted by molar-refractivity contribution is -0.137. The maximum absolute atomic E-state index is 12.6. The van der Waals surface area contributed by atoms with E-state index in [4.69, 9.17) is 14.0 Å². The summed E-state index contributed by atoms with van der Waals surface area (Å²) < 4.78 is 48.9. The molecule has 7 nitrogen and oxygen atoms in total. The van der Waals surface area contributed by atoms with E-state index in [-0.39, 0.29) is 6.42 Å². The third-order valence-electron chi connectivity index (χ3n) is 3.97. The van der Waals surface area contributed by atoms with E-state index < -0.39 is 17.8 Å². The topological polar surface area (TPSA) is 82.6 Å². The van der Waals surface area contributed by atoms with Crippen LogP contribution in [0.3, 0.4) is 0 Å². The molecular formula is C18H13F3N4O3. The van der Waals surface area contributed by atoms with Gasteiger partial charge in [0, 0.05) is 6.92 Å². The molecule has 4 rings (SSSR count). The number of aromatic nitrogens is 3. The van der Waals surface area contributed by atoms with Crippen molar-refractivity contribution in [3.05, 3.63) is 59.6 Å². The van der Waals surface area contributed by atoms with Crippen LogP contribution >= 0.6 is 0 Å². The van der Waals surface area contributed by atoms with E-state index in [1.807, 2.05) is 0 Å². The second-order valence-electron chi connectivity index (χ2n) is 6.01. The fourth-order valence-corrected chi connectivity index (χ4v) is 2.58. The molecule has 0 saturated heterocycles. The Morgan fingerprint density at radius 1 is 1.07 bits per heavy atom. The Hall–Kier alpha value is -3.43. The van der Waals surface area contributed by atoms with Gasteiger partial charge in [-0.2, -0.15) is 13.2 Å². The highest BCUT2D eigenvalue weighted by molar-refractivity contribution is 5.79. The van der Waals surface area contributed by atoms with Crippen LogP contribution in [0.25, 0.3) is 11.6 Å². The second kappa shape index (κ2) is 6.95. The average Bonchev–Trinajstić information content (AvgIpc) is 3.31. The van der Waals surface area contributed by atoms with E-state index in [1.165, 1.54) is 18.3 Å². The van der Waals surface area contributed by atoms with Crippen molar-refractivity contribution in [1.29, 1.82) is 0 Å². The molecular weight excluding hydrogens is 377 g/mol. The van der Waals surface area contributed by atoms with E-state index in [2.05, 4.69) is 20.3 Å². The van der Waals surface area contributed by atoms with Gasteiger partial charge < -0.3 is 14.0 Å². The molecule has 10 heteroatoms. The van der Waals surface area contributed by atoms with Gasteiger partial charge in [-0.25, -0.2) is 4.98 Å². The zero-order valence-corrected chi connectivity index (χ0v) is 14.5. The molecule has 1 aromatic carbocycles. The highest BCUT2D eigenvalue weighted by Gasteiger charge is 2.31. The van der Waals surface area contributed by atoms with Gasteiger partial charge in [-0.15, -0.1) is 10.2 Å². The molecule has 0 fully saturated rings. The average molecular weight is 390 g/mol. The van der Waals surface area contributed by atoms with Crippen LogP contribution in [0.2, 0.25) is 0 Å². The lowest BCUT2D eigenvalue weighted by Crippen LogP contribution is -2.08. The largest absolute Gasteiger partial charge is 0.438 e. The molecule has 3 heterocycles. The third-order valence-corrected chi connectivity index (χ3v) is 3.97. The van der Waals surface area contributed by atoms with Crippen LogP contribution in [0.4, 0.5) is 13.2 Å². The van der Waals surface area contributed by atoms with E-state index in [0.29, 0.717) is 34.7 Å². The Labute approximate surface area is 156 Å². The van der Waals surface area contributed by atoms with Crippen molar-refractivity contribution in [2.24, 2.45) is 5.16 Å². The number of nitrogens with zero attached hydrogens (tertiary/aromatic N) is 4. The summed E-state index contributed by atoms with van der Waals surface area (Å²) in [7, 11) is 0. The summed E-state index contributed by atoms with van der Waals surface area (Å²) >= 11 is 0. The number of oxime groups is 1. The van der Waals surface area contributed by atoms with E-state index in [0.717, 1.165) is 12.1 Å². The maximum atomic E-state index is 12.6. The van der Waals surface area contributed by atoms with Crippen LogP contribution in [0.1, 0.15) is 29.5 Å². The first-order chi connectivity index (χ1) is 13.4. The molecule has 3 aromatic rings. The molecule has 0 aliphatic carbocycles. The van der Waals surface area contributed by atoms with Gasteiger partial charge in [-0.3, -0.25) is 0 Å². The number of alkyl halides is 3. The minimum Gasteiger partial charge on any atom is -0.438 e. The Bertz CT molecular complexity index is 998. The lowest BCUT2D eigenvalue weighted by atomic mass is 10.0. The van der Waals surface area contributed by atoms with Gasteiger partial charge in [0.2, 0.25) is 11.8 Å². The molecule has 28 heavy (non-hydrogen) atoms. The Kier molecular flexibility index (Phi) is 4.46. The number of aryl methyl sites for hydroxylation is 1. The van der Waals surface area contributed by atoms with Crippen molar-refractivity contribution in [2.45, 2.75) is 25.6 Å². The second-order valence-corrected chi connectivity index (χ2v) is 6.01. The van der Waals surface area contributed by atoms with Crippen molar-refractivity contribution in [1.82, 2.24) is 15.2 Å². The number of rotatable bonds is 3. The minimum atomic E-state index is -4.38. The number of hydrogen-bond acceptors (Lipinski definition) is 7. The molecule has 1 atom stereocenters. The summed E-state index contributed by atoms with van der Waals surface area (Å²) in [6.07, 6.45) is -3.12. The zero-order chi connectivity index (χ0) is 19.7. The lowest BCUT2D eigenvalue weighted by Gasteiger charge is -2.10. The van der Waals surface area contributed by atoms with Gasteiger partial charge in [-0.05, 0) is 29.8 Å². The van der Waals surface area contributed by atoms with Crippen LogP contribution in [-0.4, -0.2) is 21.1 Å². The van der Waals surface area contributed by atoms with Gasteiger partial charge in [0.15, 0.2) is 6.10 Å². The number of hydrogen-bond donors (Lipinski definition) is 0. The minimum absolute atomic E-state index is 0.288. The highest BCUT2D eigenvalue weighted by Crippen LogP contribution is 2.33. The molecule has 0 bridgehead atoms. The normalized spacial score (nSPS) is 16.6. The van der Waals surface area contributed by atoms with Crippen LogP contribution in [-0.2, 0) is 11.0 Å². The number of halogens is 3. The van der Waals surface area contributed by atoms with Gasteiger partial charge in [0.25, 0.3) is 5.89 Å². The van der Waals surface area contributed by atoms with E-state index >= 15 is 0 Å². The van der Waals surface area contributed by atoms with E-state index in [1.54, 1.807) is 19.1 Å². The first kappa shape index (κ1) is 18.0. The van der Waals surface area contributed by atoms with Crippen LogP contribution in [0.15, 0.2) is 52.2 Å². The summed E-state index contributed by atoms with van der Waals surface area (Å²) in [5.41, 5.74) is 0.366. The monoisotopic (exact) mass is 390 g/mol. The Morgan fingerprint density at radius 3 is 2.46 bits per heavy atom. The van der Waals surface area contributed by atoms with Crippen molar-refractivity contribution in [2.75, 3.05) is 0 Å². The summed E-state index contributed by atoms with van der Waals surface area (Å²) in [4.78, 5) is 9.46. The summed E-state index contributed by atoms with van der Waals surface area (Å²) in [6.45, 7) is 1.68. The molecule has 2 aromatic heterocycles. The van der Waals surface area contributed by atoms with Crippen LogP contribution in [0, 0.1) is 6.92 Å². The van der Waals surface area contributed by atoms with Crippen molar-refractivity contribution < 1.29 is 27.2 Å². The first-order valence-corrected chi connectivity index (χ1v) is 8.23. The summed E-state index contributed by atoms with van der Waals surface area (Å²) in [6, 6.07) is 8.09. The number of pyridine rings is 1. The third kappa shape index (κ3) is 3.80. The Balaban J connectivity index is 1.38. The van der Waals surface area contributed by atoms with Crippen LogP contribution < -0.4 is 4.74 Å². The van der Waals surface area contributed by atoms with Gasteiger partial charge >= 0.3 is 6.18 Å². The van der Waals surface area contributed by atoms with Crippen molar-refractivity contribution in [3.8, 4) is 17.3 Å². The number of benzene rings is 1. The fraction of sp³-hybridized carbons (Fsp3) is 0.222. The molecule has 1 aliphatic heterocycles. The predicted octanol–water partition coefficient (Wildman–Crippen LogP) is 4.31. The summed E-state index contributed by atoms with van der Waals surface area (Å²) in [5.74, 6) is 1.46. The number of ether oxygens (including phenoxy) is 1. The predicted molar refractivity (Wildman–Crippen MR) is 90.2 cm³/mol.